The number of hydrogen-bond donors (Lipinski definition) is 1. The topological polar surface area (TPSA) is 86.1 Å². The van der Waals surface area contributed by atoms with Crippen molar-refractivity contribution in [3.63, 3.8) is 0 Å². The predicted molar refractivity (Wildman–Crippen MR) is 117 cm³/mol. The van der Waals surface area contributed by atoms with Gasteiger partial charge in [0.15, 0.2) is 16.8 Å². The van der Waals surface area contributed by atoms with E-state index >= 15 is 0 Å². The molecule has 0 aliphatic carbocycles. The van der Waals surface area contributed by atoms with E-state index in [1.54, 1.807) is 24.3 Å². The van der Waals surface area contributed by atoms with Crippen LogP contribution in [-0.2, 0) is 17.9 Å². The molecule has 1 aromatic heterocycles. The van der Waals surface area contributed by atoms with E-state index in [-0.39, 0.29) is 17.4 Å². The third-order valence-electron chi connectivity index (χ3n) is 4.45. The maximum absolute atomic E-state index is 12.3. The average Bonchev–Trinajstić information content (AvgIpc) is 3.13. The SMILES string of the molecule is CCn1c(COc2ccccc2C)nnc1SCC(=O)Nc1cccc(C(C)=O)c1. The number of benzene rings is 2. The smallest absolute Gasteiger partial charge is 0.234 e. The van der Waals surface area contributed by atoms with E-state index in [0.29, 0.717) is 35.4 Å². The molecule has 0 unspecified atom stereocenters. The van der Waals surface area contributed by atoms with Crippen molar-refractivity contribution in [3.8, 4) is 5.75 Å². The second-order valence-electron chi connectivity index (χ2n) is 6.67. The maximum atomic E-state index is 12.3. The number of ether oxygens (including phenoxy) is 1. The third-order valence-corrected chi connectivity index (χ3v) is 5.41. The lowest BCUT2D eigenvalue weighted by Crippen LogP contribution is -2.15. The molecule has 8 heteroatoms. The number of ketones is 1. The zero-order valence-electron chi connectivity index (χ0n) is 17.2. The van der Waals surface area contributed by atoms with Crippen LogP contribution >= 0.6 is 11.8 Å². The Labute approximate surface area is 179 Å². The first kappa shape index (κ1) is 21.6. The van der Waals surface area contributed by atoms with Crippen LogP contribution < -0.4 is 10.1 Å². The molecule has 0 aliphatic rings. The Morgan fingerprint density at radius 3 is 2.67 bits per heavy atom. The average molecular weight is 425 g/mol. The van der Waals surface area contributed by atoms with E-state index in [0.717, 1.165) is 11.3 Å². The van der Waals surface area contributed by atoms with Gasteiger partial charge < -0.3 is 14.6 Å². The van der Waals surface area contributed by atoms with Gasteiger partial charge in [0.25, 0.3) is 0 Å². The molecule has 0 saturated carbocycles. The van der Waals surface area contributed by atoms with E-state index in [1.165, 1.54) is 18.7 Å². The summed E-state index contributed by atoms with van der Waals surface area (Å²) in [6.07, 6.45) is 0. The van der Waals surface area contributed by atoms with Crippen LogP contribution in [0, 0.1) is 6.92 Å². The number of Topliss-reactive ketones (excluding diaryl/α,β-unsaturated/α-hetero) is 1. The summed E-state index contributed by atoms with van der Waals surface area (Å²) < 4.78 is 7.81. The second kappa shape index (κ2) is 10.1. The van der Waals surface area contributed by atoms with Crippen LogP contribution in [0.25, 0.3) is 0 Å². The van der Waals surface area contributed by atoms with Gasteiger partial charge in [0.2, 0.25) is 5.91 Å². The highest BCUT2D eigenvalue weighted by Gasteiger charge is 2.14. The number of aryl methyl sites for hydroxylation is 1. The number of carbonyl (C=O) groups excluding carboxylic acids is 2. The van der Waals surface area contributed by atoms with Crippen LogP contribution in [0.2, 0.25) is 0 Å². The van der Waals surface area contributed by atoms with Crippen LogP contribution in [0.4, 0.5) is 5.69 Å². The summed E-state index contributed by atoms with van der Waals surface area (Å²) in [5.41, 5.74) is 2.21. The Morgan fingerprint density at radius 2 is 1.93 bits per heavy atom. The molecule has 0 radical (unpaired) electrons. The van der Waals surface area contributed by atoms with Crippen molar-refractivity contribution in [3.05, 3.63) is 65.5 Å². The molecule has 0 aliphatic heterocycles. The van der Waals surface area contributed by atoms with Crippen molar-refractivity contribution in [2.45, 2.75) is 39.1 Å². The van der Waals surface area contributed by atoms with Crippen molar-refractivity contribution in [2.75, 3.05) is 11.1 Å². The molecule has 3 aromatic rings. The quantitative estimate of drug-likeness (QED) is 0.411. The molecule has 0 spiro atoms. The van der Waals surface area contributed by atoms with Crippen molar-refractivity contribution >= 4 is 29.1 Å². The number of aromatic nitrogens is 3. The zero-order chi connectivity index (χ0) is 21.5. The molecule has 0 atom stereocenters. The summed E-state index contributed by atoms with van der Waals surface area (Å²) in [5, 5.41) is 11.9. The summed E-state index contributed by atoms with van der Waals surface area (Å²) in [6, 6.07) is 14.7. The summed E-state index contributed by atoms with van der Waals surface area (Å²) in [4.78, 5) is 23.8. The van der Waals surface area contributed by atoms with Crippen LogP contribution in [0.15, 0.2) is 53.7 Å². The lowest BCUT2D eigenvalue weighted by atomic mass is 10.1. The lowest BCUT2D eigenvalue weighted by Gasteiger charge is -2.10. The third kappa shape index (κ3) is 5.48. The van der Waals surface area contributed by atoms with E-state index in [4.69, 9.17) is 4.74 Å². The fourth-order valence-electron chi connectivity index (χ4n) is 2.85. The first-order chi connectivity index (χ1) is 14.5. The van der Waals surface area contributed by atoms with E-state index in [1.807, 2.05) is 42.7 Å². The minimum atomic E-state index is -0.177. The number of thioether (sulfide) groups is 1. The number of nitrogens with zero attached hydrogens (tertiary/aromatic N) is 3. The standard InChI is InChI=1S/C22H24N4O3S/c1-4-26-20(13-29-19-11-6-5-8-15(19)2)24-25-22(26)30-14-21(28)23-18-10-7-9-17(12-18)16(3)27/h5-12H,4,13-14H2,1-3H3,(H,23,28). The fraction of sp³-hybridized carbons (Fsp3) is 0.273. The van der Waals surface area contributed by atoms with Gasteiger partial charge >= 0.3 is 0 Å². The number of carbonyl (C=O) groups is 2. The van der Waals surface area contributed by atoms with E-state index in [9.17, 15) is 9.59 Å². The van der Waals surface area contributed by atoms with Crippen molar-refractivity contribution in [2.24, 2.45) is 0 Å². The summed E-state index contributed by atoms with van der Waals surface area (Å²) >= 11 is 1.31. The molecule has 0 bridgehead atoms. The molecule has 0 fully saturated rings. The molecule has 3 rings (SSSR count). The van der Waals surface area contributed by atoms with Gasteiger partial charge in [-0.15, -0.1) is 10.2 Å². The van der Waals surface area contributed by atoms with Gasteiger partial charge in [0, 0.05) is 17.8 Å². The summed E-state index contributed by atoms with van der Waals surface area (Å²) in [6.45, 7) is 6.46. The van der Waals surface area contributed by atoms with Gasteiger partial charge in [-0.2, -0.15) is 0 Å². The number of hydrogen-bond acceptors (Lipinski definition) is 6. The predicted octanol–water partition coefficient (Wildman–Crippen LogP) is 4.12. The largest absolute Gasteiger partial charge is 0.485 e. The Kier molecular flexibility index (Phi) is 7.24. The second-order valence-corrected chi connectivity index (χ2v) is 7.61. The number of rotatable bonds is 9. The summed E-state index contributed by atoms with van der Waals surface area (Å²) in [5.74, 6) is 1.48. The van der Waals surface area contributed by atoms with Gasteiger partial charge in [-0.1, -0.05) is 42.1 Å². The Morgan fingerprint density at radius 1 is 1.13 bits per heavy atom. The normalized spacial score (nSPS) is 10.6. The van der Waals surface area contributed by atoms with Gasteiger partial charge in [-0.3, -0.25) is 9.59 Å². The molecule has 7 nitrogen and oxygen atoms in total. The molecule has 1 heterocycles. The maximum Gasteiger partial charge on any atom is 0.234 e. The van der Waals surface area contributed by atoms with Gasteiger partial charge in [-0.25, -0.2) is 0 Å². The highest BCUT2D eigenvalue weighted by Crippen LogP contribution is 2.21. The van der Waals surface area contributed by atoms with Crippen LogP contribution in [-0.4, -0.2) is 32.2 Å². The minimum Gasteiger partial charge on any atom is -0.485 e. The van der Waals surface area contributed by atoms with Crippen molar-refractivity contribution < 1.29 is 14.3 Å². The highest BCUT2D eigenvalue weighted by atomic mass is 32.2. The zero-order valence-corrected chi connectivity index (χ0v) is 18.0. The first-order valence-corrected chi connectivity index (χ1v) is 10.6. The number of amides is 1. The minimum absolute atomic E-state index is 0.0445. The van der Waals surface area contributed by atoms with Crippen LogP contribution in [0.5, 0.6) is 5.75 Å². The van der Waals surface area contributed by atoms with E-state index < -0.39 is 0 Å². The Hall–Kier alpha value is -3.13. The molecule has 1 amide bonds. The monoisotopic (exact) mass is 424 g/mol. The Balaban J connectivity index is 1.59. The molecule has 30 heavy (non-hydrogen) atoms. The van der Waals surface area contributed by atoms with E-state index in [2.05, 4.69) is 15.5 Å². The van der Waals surface area contributed by atoms with Gasteiger partial charge in [0.1, 0.15) is 12.4 Å². The van der Waals surface area contributed by atoms with Crippen molar-refractivity contribution in [1.82, 2.24) is 14.8 Å². The molecule has 1 N–H and O–H groups in total. The molecular weight excluding hydrogens is 400 g/mol. The number of anilines is 1. The molecule has 156 valence electrons. The summed E-state index contributed by atoms with van der Waals surface area (Å²) in [7, 11) is 0. The van der Waals surface area contributed by atoms with Crippen molar-refractivity contribution in [1.29, 1.82) is 0 Å². The molecule has 0 saturated heterocycles. The van der Waals surface area contributed by atoms with Gasteiger partial charge in [-0.05, 0) is 44.5 Å². The highest BCUT2D eigenvalue weighted by molar-refractivity contribution is 7.99. The fourth-order valence-corrected chi connectivity index (χ4v) is 3.68. The van der Waals surface area contributed by atoms with Gasteiger partial charge in [0.05, 0.1) is 5.75 Å². The number of para-hydroxylation sites is 1. The molecule has 2 aromatic carbocycles. The Bertz CT molecular complexity index is 1050. The molecular formula is C22H24N4O3S. The first-order valence-electron chi connectivity index (χ1n) is 9.62. The number of nitrogens with one attached hydrogen (secondary N) is 1. The lowest BCUT2D eigenvalue weighted by molar-refractivity contribution is -0.113. The van der Waals surface area contributed by atoms with Crippen LogP contribution in [0.1, 0.15) is 35.6 Å². The van der Waals surface area contributed by atoms with Crippen LogP contribution in [0.3, 0.4) is 0 Å².